The molecule has 0 saturated carbocycles. The van der Waals surface area contributed by atoms with Crippen LogP contribution >= 0.6 is 0 Å². The van der Waals surface area contributed by atoms with E-state index in [-0.39, 0.29) is 11.9 Å². The van der Waals surface area contributed by atoms with Crippen molar-refractivity contribution in [2.24, 2.45) is 5.92 Å². The highest BCUT2D eigenvalue weighted by Gasteiger charge is 2.26. The van der Waals surface area contributed by atoms with Gasteiger partial charge in [-0.1, -0.05) is 34.1 Å². The van der Waals surface area contributed by atoms with Crippen LogP contribution in [0.1, 0.15) is 47.0 Å². The van der Waals surface area contributed by atoms with Gasteiger partial charge in [0.25, 0.3) is 0 Å². The highest BCUT2D eigenvalue weighted by atomic mass is 16.4. The first kappa shape index (κ1) is 16.7. The normalized spacial score (nSPS) is 13.8. The number of urea groups is 1. The Hall–Kier alpha value is -1.26. The number of amides is 2. The summed E-state index contributed by atoms with van der Waals surface area (Å²) in [7, 11) is 0. The van der Waals surface area contributed by atoms with Crippen LogP contribution in [-0.4, -0.2) is 41.1 Å². The number of carbonyl (C=O) groups excluding carboxylic acids is 1. The van der Waals surface area contributed by atoms with Crippen molar-refractivity contribution in [1.82, 2.24) is 10.2 Å². The predicted molar refractivity (Wildman–Crippen MR) is 71.6 cm³/mol. The first-order chi connectivity index (χ1) is 8.47. The van der Waals surface area contributed by atoms with Crippen molar-refractivity contribution in [2.75, 3.05) is 13.1 Å². The lowest BCUT2D eigenvalue weighted by Crippen LogP contribution is -2.50. The minimum atomic E-state index is -0.967. The molecule has 0 saturated heterocycles. The van der Waals surface area contributed by atoms with Crippen molar-refractivity contribution >= 4 is 12.0 Å². The summed E-state index contributed by atoms with van der Waals surface area (Å²) in [5.74, 6) is -1.04. The molecule has 5 nitrogen and oxygen atoms in total. The van der Waals surface area contributed by atoms with Crippen LogP contribution in [0.2, 0.25) is 0 Å². The van der Waals surface area contributed by atoms with Gasteiger partial charge in [0.15, 0.2) is 0 Å². The van der Waals surface area contributed by atoms with Crippen molar-refractivity contribution in [2.45, 2.75) is 53.0 Å². The molecular formula is C13H26N2O3. The minimum Gasteiger partial charge on any atom is -0.480 e. The van der Waals surface area contributed by atoms with Crippen molar-refractivity contribution < 1.29 is 14.7 Å². The number of nitrogens with zero attached hydrogens (tertiary/aromatic N) is 1. The molecule has 18 heavy (non-hydrogen) atoms. The minimum absolute atomic E-state index is 0.0726. The van der Waals surface area contributed by atoms with Gasteiger partial charge in [0.1, 0.15) is 6.04 Å². The van der Waals surface area contributed by atoms with Gasteiger partial charge >= 0.3 is 12.0 Å². The summed E-state index contributed by atoms with van der Waals surface area (Å²) in [6.45, 7) is 9.07. The van der Waals surface area contributed by atoms with Crippen molar-refractivity contribution in [1.29, 1.82) is 0 Å². The third-order valence-corrected chi connectivity index (χ3v) is 3.03. The van der Waals surface area contributed by atoms with E-state index in [9.17, 15) is 9.59 Å². The number of hydrogen-bond donors (Lipinski definition) is 2. The number of nitrogens with one attached hydrogen (secondary N) is 1. The summed E-state index contributed by atoms with van der Waals surface area (Å²) in [6, 6.07) is -1.08. The van der Waals surface area contributed by atoms with E-state index in [0.717, 1.165) is 19.3 Å². The quantitative estimate of drug-likeness (QED) is 0.702. The van der Waals surface area contributed by atoms with E-state index in [4.69, 9.17) is 5.11 Å². The zero-order valence-electron chi connectivity index (χ0n) is 11.9. The highest BCUT2D eigenvalue weighted by Crippen LogP contribution is 2.09. The number of aliphatic carboxylic acids is 1. The molecule has 2 amide bonds. The predicted octanol–water partition coefficient (Wildman–Crippen LogP) is 2.32. The van der Waals surface area contributed by atoms with Gasteiger partial charge in [0, 0.05) is 13.1 Å². The van der Waals surface area contributed by atoms with Crippen LogP contribution in [0.3, 0.4) is 0 Å². The Labute approximate surface area is 110 Å². The number of hydrogen-bond acceptors (Lipinski definition) is 2. The molecule has 2 N–H and O–H groups in total. The Morgan fingerprint density at radius 3 is 2.00 bits per heavy atom. The number of rotatable bonds is 8. The molecule has 0 rings (SSSR count). The zero-order valence-corrected chi connectivity index (χ0v) is 11.9. The Morgan fingerprint density at radius 1 is 1.17 bits per heavy atom. The zero-order chi connectivity index (χ0) is 14.1. The lowest BCUT2D eigenvalue weighted by Gasteiger charge is -2.26. The monoisotopic (exact) mass is 258 g/mol. The van der Waals surface area contributed by atoms with Crippen LogP contribution < -0.4 is 5.32 Å². The second kappa shape index (κ2) is 8.78. The van der Waals surface area contributed by atoms with Crippen LogP contribution in [0, 0.1) is 5.92 Å². The lowest BCUT2D eigenvalue weighted by molar-refractivity contribution is -0.140. The SMILES string of the molecule is CCCN(CCC)C(=O)N[C@H](C(=O)O)[C@@H](C)CC. The van der Waals surface area contributed by atoms with E-state index in [1.165, 1.54) is 0 Å². The lowest BCUT2D eigenvalue weighted by atomic mass is 9.99. The first-order valence-electron chi connectivity index (χ1n) is 6.76. The van der Waals surface area contributed by atoms with E-state index in [1.807, 2.05) is 27.7 Å². The number of carboxylic acids is 1. The topological polar surface area (TPSA) is 69.6 Å². The van der Waals surface area contributed by atoms with Gasteiger partial charge in [0.05, 0.1) is 0 Å². The summed E-state index contributed by atoms with van der Waals surface area (Å²) < 4.78 is 0. The van der Waals surface area contributed by atoms with Crippen LogP contribution in [0.4, 0.5) is 4.79 Å². The molecule has 0 aliphatic heterocycles. The molecule has 0 spiro atoms. The smallest absolute Gasteiger partial charge is 0.326 e. The molecule has 0 heterocycles. The van der Waals surface area contributed by atoms with E-state index in [0.29, 0.717) is 13.1 Å². The van der Waals surface area contributed by atoms with Gasteiger partial charge < -0.3 is 15.3 Å². The molecule has 0 aromatic rings. The molecule has 0 aliphatic rings. The number of carbonyl (C=O) groups is 2. The Bertz CT molecular complexity index is 263. The maximum Gasteiger partial charge on any atom is 0.326 e. The maximum atomic E-state index is 12.0. The van der Waals surface area contributed by atoms with Crippen LogP contribution in [-0.2, 0) is 4.79 Å². The second-order valence-electron chi connectivity index (χ2n) is 4.64. The van der Waals surface area contributed by atoms with Gasteiger partial charge in [-0.2, -0.15) is 0 Å². The Balaban J connectivity index is 4.59. The van der Waals surface area contributed by atoms with Crippen LogP contribution in [0.25, 0.3) is 0 Å². The van der Waals surface area contributed by atoms with Gasteiger partial charge in [-0.25, -0.2) is 9.59 Å². The molecule has 0 unspecified atom stereocenters. The van der Waals surface area contributed by atoms with E-state index in [1.54, 1.807) is 4.90 Å². The summed E-state index contributed by atoms with van der Waals surface area (Å²) in [4.78, 5) is 24.8. The fourth-order valence-electron chi connectivity index (χ4n) is 1.76. The fraction of sp³-hybridized carbons (Fsp3) is 0.846. The Kier molecular flexibility index (Phi) is 8.16. The van der Waals surface area contributed by atoms with Crippen molar-refractivity contribution in [3.8, 4) is 0 Å². The van der Waals surface area contributed by atoms with Gasteiger partial charge in [-0.05, 0) is 18.8 Å². The van der Waals surface area contributed by atoms with Crippen LogP contribution in [0.5, 0.6) is 0 Å². The molecular weight excluding hydrogens is 232 g/mol. The summed E-state index contributed by atoms with van der Waals surface area (Å²) in [5, 5.41) is 11.8. The summed E-state index contributed by atoms with van der Waals surface area (Å²) in [5.41, 5.74) is 0. The van der Waals surface area contributed by atoms with Gasteiger partial charge in [-0.15, -0.1) is 0 Å². The molecule has 5 heteroatoms. The van der Waals surface area contributed by atoms with Crippen molar-refractivity contribution in [3.05, 3.63) is 0 Å². The second-order valence-corrected chi connectivity index (χ2v) is 4.64. The van der Waals surface area contributed by atoms with E-state index >= 15 is 0 Å². The number of carboxylic acid groups (broad SMARTS) is 1. The summed E-state index contributed by atoms with van der Waals surface area (Å²) >= 11 is 0. The maximum absolute atomic E-state index is 12.0. The first-order valence-corrected chi connectivity index (χ1v) is 6.76. The fourth-order valence-corrected chi connectivity index (χ4v) is 1.76. The molecule has 0 fully saturated rings. The third kappa shape index (κ3) is 5.38. The average molecular weight is 258 g/mol. The van der Waals surface area contributed by atoms with E-state index < -0.39 is 12.0 Å². The average Bonchev–Trinajstić information content (AvgIpc) is 2.34. The molecule has 0 aromatic heterocycles. The van der Waals surface area contributed by atoms with E-state index in [2.05, 4.69) is 5.32 Å². The molecule has 0 radical (unpaired) electrons. The Morgan fingerprint density at radius 2 is 1.67 bits per heavy atom. The summed E-state index contributed by atoms with van der Waals surface area (Å²) in [6.07, 6.45) is 2.46. The standard InChI is InChI=1S/C13H26N2O3/c1-5-8-15(9-6-2)13(18)14-11(12(16)17)10(4)7-3/h10-11H,5-9H2,1-4H3,(H,14,18)(H,16,17)/t10-,11-/m0/s1. The molecule has 2 atom stereocenters. The van der Waals surface area contributed by atoms with Crippen molar-refractivity contribution in [3.63, 3.8) is 0 Å². The van der Waals surface area contributed by atoms with Gasteiger partial charge in [0.2, 0.25) is 0 Å². The highest BCUT2D eigenvalue weighted by molar-refractivity contribution is 5.82. The van der Waals surface area contributed by atoms with Gasteiger partial charge in [-0.3, -0.25) is 0 Å². The molecule has 106 valence electrons. The van der Waals surface area contributed by atoms with Crippen LogP contribution in [0.15, 0.2) is 0 Å². The molecule has 0 aromatic carbocycles. The molecule has 0 aliphatic carbocycles. The largest absolute Gasteiger partial charge is 0.480 e. The molecule has 0 bridgehead atoms. The third-order valence-electron chi connectivity index (χ3n) is 3.03.